The van der Waals surface area contributed by atoms with Crippen LogP contribution in [0.5, 0.6) is 0 Å². The third-order valence-electron chi connectivity index (χ3n) is 4.10. The highest BCUT2D eigenvalue weighted by molar-refractivity contribution is 5.87. The van der Waals surface area contributed by atoms with Crippen molar-refractivity contribution in [2.75, 3.05) is 11.9 Å². The minimum atomic E-state index is 0.240. The number of hydrogen-bond acceptors (Lipinski definition) is 5. The van der Waals surface area contributed by atoms with Crippen molar-refractivity contribution in [3.05, 3.63) is 60.6 Å². The topological polar surface area (TPSA) is 84.3 Å². The first-order chi connectivity index (χ1) is 12.2. The predicted octanol–water partition coefficient (Wildman–Crippen LogP) is 3.06. The summed E-state index contributed by atoms with van der Waals surface area (Å²) in [4.78, 5) is 16.6. The normalized spacial score (nSPS) is 12.4. The molecule has 0 aliphatic rings. The van der Waals surface area contributed by atoms with Crippen molar-refractivity contribution in [1.29, 1.82) is 0 Å². The second kappa shape index (κ2) is 6.35. The van der Waals surface area contributed by atoms with Gasteiger partial charge in [0.05, 0.1) is 17.3 Å². The van der Waals surface area contributed by atoms with Crippen molar-refractivity contribution < 1.29 is 0 Å². The summed E-state index contributed by atoms with van der Waals surface area (Å²) in [5, 5.41) is 8.82. The highest BCUT2D eigenvalue weighted by Crippen LogP contribution is 2.23. The van der Waals surface area contributed by atoms with Gasteiger partial charge in [-0.3, -0.25) is 0 Å². The van der Waals surface area contributed by atoms with Gasteiger partial charge < -0.3 is 10.3 Å². The lowest BCUT2D eigenvalue weighted by Crippen LogP contribution is -2.13. The Kier molecular flexibility index (Phi) is 3.89. The SMILES string of the molecule is Cc1nc(NCC(C)c2ncc[nH]2)c2cnn(-c3ccccc3)c2n1. The molecule has 0 aliphatic carbocycles. The van der Waals surface area contributed by atoms with E-state index in [0.717, 1.165) is 34.9 Å². The molecule has 4 aromatic rings. The summed E-state index contributed by atoms with van der Waals surface area (Å²) in [6.07, 6.45) is 5.41. The second-order valence-corrected chi connectivity index (χ2v) is 6.00. The molecule has 3 aromatic heterocycles. The molecule has 7 heteroatoms. The van der Waals surface area contributed by atoms with Crippen LogP contribution in [0.4, 0.5) is 5.82 Å². The van der Waals surface area contributed by atoms with Gasteiger partial charge in [-0.25, -0.2) is 19.6 Å². The number of H-pyrrole nitrogens is 1. The van der Waals surface area contributed by atoms with Crippen LogP contribution in [0.1, 0.15) is 24.5 Å². The molecule has 4 rings (SSSR count). The molecule has 1 aromatic carbocycles. The first-order valence-electron chi connectivity index (χ1n) is 8.23. The van der Waals surface area contributed by atoms with Crippen LogP contribution >= 0.6 is 0 Å². The van der Waals surface area contributed by atoms with Crippen molar-refractivity contribution >= 4 is 16.9 Å². The Morgan fingerprint density at radius 1 is 1.20 bits per heavy atom. The summed E-state index contributed by atoms with van der Waals surface area (Å²) in [6.45, 7) is 4.73. The smallest absolute Gasteiger partial charge is 0.168 e. The molecule has 126 valence electrons. The molecular weight excluding hydrogens is 314 g/mol. The number of aromatic nitrogens is 6. The molecule has 7 nitrogen and oxygen atoms in total. The molecule has 2 N–H and O–H groups in total. The lowest BCUT2D eigenvalue weighted by atomic mass is 10.1. The Morgan fingerprint density at radius 2 is 2.04 bits per heavy atom. The van der Waals surface area contributed by atoms with Gasteiger partial charge in [0.25, 0.3) is 0 Å². The number of nitrogens with one attached hydrogen (secondary N) is 2. The van der Waals surface area contributed by atoms with E-state index in [2.05, 4.69) is 37.3 Å². The van der Waals surface area contributed by atoms with E-state index in [4.69, 9.17) is 0 Å². The molecule has 3 heterocycles. The van der Waals surface area contributed by atoms with Gasteiger partial charge in [-0.05, 0) is 19.1 Å². The van der Waals surface area contributed by atoms with Gasteiger partial charge in [0.2, 0.25) is 0 Å². The molecule has 0 saturated carbocycles. The van der Waals surface area contributed by atoms with E-state index in [1.807, 2.05) is 54.3 Å². The highest BCUT2D eigenvalue weighted by atomic mass is 15.3. The third kappa shape index (κ3) is 2.96. The minimum absolute atomic E-state index is 0.240. The lowest BCUT2D eigenvalue weighted by molar-refractivity contribution is 0.746. The zero-order chi connectivity index (χ0) is 17.2. The van der Waals surface area contributed by atoms with E-state index in [1.54, 1.807) is 6.20 Å². The zero-order valence-corrected chi connectivity index (χ0v) is 14.1. The maximum absolute atomic E-state index is 4.58. The Morgan fingerprint density at radius 3 is 2.80 bits per heavy atom. The summed E-state index contributed by atoms with van der Waals surface area (Å²) in [5.74, 6) is 2.69. The average molecular weight is 333 g/mol. The molecule has 1 unspecified atom stereocenters. The van der Waals surface area contributed by atoms with E-state index in [1.165, 1.54) is 0 Å². The molecule has 1 atom stereocenters. The zero-order valence-electron chi connectivity index (χ0n) is 14.1. The van der Waals surface area contributed by atoms with E-state index >= 15 is 0 Å². The van der Waals surface area contributed by atoms with E-state index in [-0.39, 0.29) is 5.92 Å². The quantitative estimate of drug-likeness (QED) is 0.586. The Balaban J connectivity index is 1.67. The summed E-state index contributed by atoms with van der Waals surface area (Å²) in [5.41, 5.74) is 1.78. The Bertz CT molecular complexity index is 974. The number of anilines is 1. The summed E-state index contributed by atoms with van der Waals surface area (Å²) >= 11 is 0. The number of imidazole rings is 1. The highest BCUT2D eigenvalue weighted by Gasteiger charge is 2.14. The average Bonchev–Trinajstić information content (AvgIpc) is 3.30. The number of hydrogen-bond donors (Lipinski definition) is 2. The second-order valence-electron chi connectivity index (χ2n) is 6.00. The van der Waals surface area contributed by atoms with E-state index < -0.39 is 0 Å². The number of nitrogens with zero attached hydrogens (tertiary/aromatic N) is 5. The fourth-order valence-electron chi connectivity index (χ4n) is 2.80. The van der Waals surface area contributed by atoms with Crippen LogP contribution in [-0.4, -0.2) is 36.3 Å². The van der Waals surface area contributed by atoms with Crippen LogP contribution in [-0.2, 0) is 0 Å². The van der Waals surface area contributed by atoms with Crippen LogP contribution in [0.25, 0.3) is 16.7 Å². The van der Waals surface area contributed by atoms with Crippen molar-refractivity contribution in [3.8, 4) is 5.69 Å². The summed E-state index contributed by atoms with van der Waals surface area (Å²) < 4.78 is 1.84. The number of para-hydroxylation sites is 1. The summed E-state index contributed by atoms with van der Waals surface area (Å²) in [6, 6.07) is 9.98. The van der Waals surface area contributed by atoms with Crippen molar-refractivity contribution in [2.45, 2.75) is 19.8 Å². The van der Waals surface area contributed by atoms with Crippen LogP contribution < -0.4 is 5.32 Å². The number of benzene rings is 1. The lowest BCUT2D eigenvalue weighted by Gasteiger charge is -2.12. The molecule has 0 amide bonds. The largest absolute Gasteiger partial charge is 0.369 e. The number of aryl methyl sites for hydroxylation is 1. The van der Waals surface area contributed by atoms with Crippen LogP contribution in [0.15, 0.2) is 48.9 Å². The first kappa shape index (κ1) is 15.3. The molecule has 0 aliphatic heterocycles. The standard InChI is InChI=1S/C18H19N7/c1-12(16-19-8-9-20-16)10-21-17-15-11-22-25(14-6-4-3-5-7-14)18(15)24-13(2)23-17/h3-9,11-12H,10H2,1-2H3,(H,19,20)(H,21,23,24). The Hall–Kier alpha value is -3.22. The molecule has 0 bridgehead atoms. The van der Waals surface area contributed by atoms with Gasteiger partial charge >= 0.3 is 0 Å². The van der Waals surface area contributed by atoms with E-state index in [0.29, 0.717) is 5.82 Å². The van der Waals surface area contributed by atoms with Crippen molar-refractivity contribution in [3.63, 3.8) is 0 Å². The van der Waals surface area contributed by atoms with Crippen LogP contribution in [0, 0.1) is 6.92 Å². The van der Waals surface area contributed by atoms with Crippen molar-refractivity contribution in [2.24, 2.45) is 0 Å². The molecule has 0 radical (unpaired) electrons. The maximum atomic E-state index is 4.58. The predicted molar refractivity (Wildman–Crippen MR) is 96.9 cm³/mol. The first-order valence-corrected chi connectivity index (χ1v) is 8.23. The molecule has 0 spiro atoms. The molecule has 0 saturated heterocycles. The maximum Gasteiger partial charge on any atom is 0.168 e. The Labute approximate surface area is 145 Å². The monoisotopic (exact) mass is 333 g/mol. The van der Waals surface area contributed by atoms with Gasteiger partial charge in [0, 0.05) is 24.9 Å². The number of aromatic amines is 1. The number of rotatable bonds is 5. The number of fused-ring (bicyclic) bond motifs is 1. The van der Waals surface area contributed by atoms with E-state index in [9.17, 15) is 0 Å². The van der Waals surface area contributed by atoms with Crippen LogP contribution in [0.2, 0.25) is 0 Å². The van der Waals surface area contributed by atoms with Crippen molar-refractivity contribution in [1.82, 2.24) is 29.7 Å². The van der Waals surface area contributed by atoms with Gasteiger partial charge in [-0.2, -0.15) is 5.10 Å². The van der Waals surface area contributed by atoms with Gasteiger partial charge in [0.1, 0.15) is 17.5 Å². The van der Waals surface area contributed by atoms with Gasteiger partial charge in [-0.15, -0.1) is 0 Å². The fraction of sp³-hybridized carbons (Fsp3) is 0.222. The van der Waals surface area contributed by atoms with Crippen LogP contribution in [0.3, 0.4) is 0 Å². The van der Waals surface area contributed by atoms with Gasteiger partial charge in [-0.1, -0.05) is 25.1 Å². The third-order valence-corrected chi connectivity index (χ3v) is 4.10. The molecule has 0 fully saturated rings. The molecular formula is C18H19N7. The molecule has 25 heavy (non-hydrogen) atoms. The fourth-order valence-corrected chi connectivity index (χ4v) is 2.80. The minimum Gasteiger partial charge on any atom is -0.369 e. The summed E-state index contributed by atoms with van der Waals surface area (Å²) in [7, 11) is 0. The van der Waals surface area contributed by atoms with Gasteiger partial charge in [0.15, 0.2) is 5.65 Å².